The Morgan fingerprint density at radius 3 is 2.63 bits per heavy atom. The SMILES string of the molecule is C/C(=C\c1ccccc1-n1[nH]nnc1=S)Sc1nnnn1-c1ccccc1. The van der Waals surface area contributed by atoms with E-state index in [1.807, 2.05) is 67.6 Å². The number of aromatic amines is 1. The monoisotopic (exact) mass is 394 g/mol. The van der Waals surface area contributed by atoms with Crippen molar-refractivity contribution >= 4 is 30.1 Å². The Kier molecular flexibility index (Phi) is 4.90. The van der Waals surface area contributed by atoms with Crippen LogP contribution in [0.3, 0.4) is 0 Å². The summed E-state index contributed by atoms with van der Waals surface area (Å²) in [7, 11) is 0. The Labute approximate surface area is 163 Å². The second kappa shape index (κ2) is 7.64. The zero-order chi connectivity index (χ0) is 18.6. The molecular weight excluding hydrogens is 380 g/mol. The van der Waals surface area contributed by atoms with Crippen molar-refractivity contribution < 1.29 is 0 Å². The molecule has 8 nitrogen and oxygen atoms in total. The molecule has 0 aliphatic rings. The lowest BCUT2D eigenvalue weighted by molar-refractivity contribution is 0.757. The van der Waals surface area contributed by atoms with Gasteiger partial charge in [-0.3, -0.25) is 0 Å². The fraction of sp³-hybridized carbons (Fsp3) is 0.0588. The quantitative estimate of drug-likeness (QED) is 0.409. The van der Waals surface area contributed by atoms with Crippen molar-refractivity contribution in [3.05, 3.63) is 69.8 Å². The molecule has 0 radical (unpaired) electrons. The van der Waals surface area contributed by atoms with E-state index in [4.69, 9.17) is 12.2 Å². The Morgan fingerprint density at radius 2 is 1.85 bits per heavy atom. The first-order chi connectivity index (χ1) is 13.2. The molecule has 10 heteroatoms. The van der Waals surface area contributed by atoms with Crippen LogP contribution in [0.4, 0.5) is 0 Å². The average molecular weight is 394 g/mol. The van der Waals surface area contributed by atoms with Crippen LogP contribution >= 0.6 is 24.0 Å². The fourth-order valence-electron chi connectivity index (χ4n) is 2.53. The molecule has 0 atom stereocenters. The van der Waals surface area contributed by atoms with Crippen LogP contribution in [0.2, 0.25) is 0 Å². The van der Waals surface area contributed by atoms with Crippen molar-refractivity contribution in [1.82, 2.24) is 40.4 Å². The van der Waals surface area contributed by atoms with Gasteiger partial charge in [0, 0.05) is 5.56 Å². The lowest BCUT2D eigenvalue weighted by Gasteiger charge is -2.07. The highest BCUT2D eigenvalue weighted by molar-refractivity contribution is 8.03. The third-order valence-electron chi connectivity index (χ3n) is 3.70. The molecule has 2 aromatic carbocycles. The summed E-state index contributed by atoms with van der Waals surface area (Å²) in [6.07, 6.45) is 2.05. The maximum absolute atomic E-state index is 5.21. The van der Waals surface area contributed by atoms with E-state index in [0.29, 0.717) is 9.93 Å². The van der Waals surface area contributed by atoms with Gasteiger partial charge in [-0.1, -0.05) is 58.5 Å². The third-order valence-corrected chi connectivity index (χ3v) is 4.84. The van der Waals surface area contributed by atoms with E-state index < -0.39 is 0 Å². The zero-order valence-electron chi connectivity index (χ0n) is 14.2. The molecule has 134 valence electrons. The minimum Gasteiger partial charge on any atom is -0.209 e. The molecule has 4 rings (SSSR count). The van der Waals surface area contributed by atoms with Gasteiger partial charge in [-0.25, -0.2) is 4.68 Å². The van der Waals surface area contributed by atoms with Gasteiger partial charge in [0.15, 0.2) is 0 Å². The van der Waals surface area contributed by atoms with Gasteiger partial charge >= 0.3 is 0 Å². The van der Waals surface area contributed by atoms with Gasteiger partial charge < -0.3 is 0 Å². The van der Waals surface area contributed by atoms with E-state index in [0.717, 1.165) is 21.8 Å². The van der Waals surface area contributed by atoms with Crippen molar-refractivity contribution in [1.29, 1.82) is 0 Å². The molecule has 4 aromatic rings. The van der Waals surface area contributed by atoms with Gasteiger partial charge in [0.2, 0.25) is 9.93 Å². The maximum Gasteiger partial charge on any atom is 0.242 e. The minimum atomic E-state index is 0.370. The van der Waals surface area contributed by atoms with Gasteiger partial charge in [0.25, 0.3) is 0 Å². The largest absolute Gasteiger partial charge is 0.242 e. The number of para-hydroxylation sites is 2. The molecule has 2 heterocycles. The summed E-state index contributed by atoms with van der Waals surface area (Å²) in [6, 6.07) is 17.6. The second-order valence-electron chi connectivity index (χ2n) is 5.54. The molecule has 1 N–H and O–H groups in total. The Hall–Kier alpha value is -3.11. The standard InChI is InChI=1S/C17H14N8S2/c1-12(27-17-19-21-22-24(17)14-8-3-2-4-9-14)11-13-7-5-6-10-15(13)25-16(26)18-20-23-25/h2-11H,1H3,(H,18,23,26)/b12-11+. The van der Waals surface area contributed by atoms with Crippen LogP contribution in [0, 0.1) is 4.77 Å². The smallest absolute Gasteiger partial charge is 0.209 e. The van der Waals surface area contributed by atoms with E-state index in [2.05, 4.69) is 31.1 Å². The van der Waals surface area contributed by atoms with Gasteiger partial charge in [0.05, 0.1) is 11.4 Å². The highest BCUT2D eigenvalue weighted by Gasteiger charge is 2.11. The van der Waals surface area contributed by atoms with Crippen LogP contribution in [-0.4, -0.2) is 40.4 Å². The lowest BCUT2D eigenvalue weighted by Crippen LogP contribution is -2.00. The fourth-order valence-corrected chi connectivity index (χ4v) is 3.49. The summed E-state index contributed by atoms with van der Waals surface area (Å²) in [4.78, 5) is 1.02. The Balaban J connectivity index is 1.65. The van der Waals surface area contributed by atoms with Crippen LogP contribution < -0.4 is 0 Å². The van der Waals surface area contributed by atoms with Crippen LogP contribution in [0.25, 0.3) is 17.5 Å². The number of H-pyrrole nitrogens is 1. The summed E-state index contributed by atoms with van der Waals surface area (Å²) in [5.74, 6) is 0. The molecule has 2 aromatic heterocycles. The van der Waals surface area contributed by atoms with Gasteiger partial charge in [-0.15, -0.1) is 5.10 Å². The van der Waals surface area contributed by atoms with Crippen LogP contribution in [0.1, 0.15) is 12.5 Å². The molecule has 0 saturated carbocycles. The summed E-state index contributed by atoms with van der Waals surface area (Å²) in [5, 5.41) is 23.1. The summed E-state index contributed by atoms with van der Waals surface area (Å²) >= 11 is 6.70. The van der Waals surface area contributed by atoms with Crippen molar-refractivity contribution in [2.24, 2.45) is 0 Å². The minimum absolute atomic E-state index is 0.370. The number of nitrogens with one attached hydrogen (secondary N) is 1. The lowest BCUT2D eigenvalue weighted by atomic mass is 10.1. The molecule has 0 fully saturated rings. The zero-order valence-corrected chi connectivity index (χ0v) is 15.9. The maximum atomic E-state index is 5.21. The number of hydrogen-bond acceptors (Lipinski definition) is 7. The molecule has 0 aliphatic carbocycles. The van der Waals surface area contributed by atoms with E-state index in [-0.39, 0.29) is 0 Å². The summed E-state index contributed by atoms with van der Waals surface area (Å²) < 4.78 is 3.74. The first-order valence-corrected chi connectivity index (χ1v) is 9.24. The molecule has 27 heavy (non-hydrogen) atoms. The summed E-state index contributed by atoms with van der Waals surface area (Å²) in [5.41, 5.74) is 2.76. The van der Waals surface area contributed by atoms with Crippen LogP contribution in [0.15, 0.2) is 64.7 Å². The van der Waals surface area contributed by atoms with E-state index in [1.54, 1.807) is 9.36 Å². The van der Waals surface area contributed by atoms with Crippen molar-refractivity contribution in [2.45, 2.75) is 12.1 Å². The number of rotatable bonds is 5. The van der Waals surface area contributed by atoms with E-state index in [9.17, 15) is 0 Å². The van der Waals surface area contributed by atoms with Crippen molar-refractivity contribution in [2.75, 3.05) is 0 Å². The first kappa shape index (κ1) is 17.3. The predicted molar refractivity (Wildman–Crippen MR) is 105 cm³/mol. The number of nitrogens with zero attached hydrogens (tertiary/aromatic N) is 7. The highest BCUT2D eigenvalue weighted by atomic mass is 32.2. The molecule has 0 spiro atoms. The van der Waals surface area contributed by atoms with Gasteiger partial charge in [0.1, 0.15) is 0 Å². The second-order valence-corrected chi connectivity index (χ2v) is 7.12. The number of tetrazole rings is 2. The molecule has 0 bridgehead atoms. The number of aromatic nitrogens is 8. The number of hydrogen-bond donors (Lipinski definition) is 1. The number of benzene rings is 2. The number of thioether (sulfide) groups is 1. The van der Waals surface area contributed by atoms with E-state index in [1.165, 1.54) is 11.8 Å². The van der Waals surface area contributed by atoms with Crippen molar-refractivity contribution in [3.8, 4) is 11.4 Å². The topological polar surface area (TPSA) is 90.1 Å². The Bertz CT molecular complexity index is 1140. The predicted octanol–water partition coefficient (Wildman–Crippen LogP) is 3.45. The third kappa shape index (κ3) is 3.71. The molecular formula is C17H14N8S2. The molecule has 0 amide bonds. The van der Waals surface area contributed by atoms with Crippen LogP contribution in [-0.2, 0) is 0 Å². The molecule has 0 saturated heterocycles. The summed E-state index contributed by atoms with van der Waals surface area (Å²) in [6.45, 7) is 2.01. The Morgan fingerprint density at radius 1 is 1.07 bits per heavy atom. The van der Waals surface area contributed by atoms with Crippen molar-refractivity contribution in [3.63, 3.8) is 0 Å². The van der Waals surface area contributed by atoms with Gasteiger partial charge in [-0.05, 0) is 58.7 Å². The van der Waals surface area contributed by atoms with E-state index >= 15 is 0 Å². The highest BCUT2D eigenvalue weighted by Crippen LogP contribution is 2.28. The molecule has 0 unspecified atom stereocenters. The normalized spacial score (nSPS) is 11.7. The number of allylic oxidation sites excluding steroid dienone is 1. The van der Waals surface area contributed by atoms with Gasteiger partial charge in [-0.2, -0.15) is 9.90 Å². The molecule has 0 aliphatic heterocycles. The average Bonchev–Trinajstić information content (AvgIpc) is 3.32. The van der Waals surface area contributed by atoms with Crippen LogP contribution in [0.5, 0.6) is 0 Å². The first-order valence-electron chi connectivity index (χ1n) is 8.02.